The molecular weight excluding hydrogens is 236 g/mol. The maximum atomic E-state index is 12.1. The highest BCUT2D eigenvalue weighted by molar-refractivity contribution is 5.92. The van der Waals surface area contributed by atoms with E-state index in [2.05, 4.69) is 17.1 Å². The fourth-order valence-corrected chi connectivity index (χ4v) is 2.32. The van der Waals surface area contributed by atoms with Crippen LogP contribution in [0.15, 0.2) is 24.3 Å². The van der Waals surface area contributed by atoms with Gasteiger partial charge in [-0.1, -0.05) is 25.1 Å². The molecule has 0 saturated heterocycles. The average molecular weight is 260 g/mol. The number of benzene rings is 1. The van der Waals surface area contributed by atoms with Crippen molar-refractivity contribution in [3.63, 3.8) is 0 Å². The molecule has 1 N–H and O–H groups in total. The predicted octanol–water partition coefficient (Wildman–Crippen LogP) is 3.06. The summed E-state index contributed by atoms with van der Waals surface area (Å²) < 4.78 is 0. The maximum absolute atomic E-state index is 12.1. The predicted molar refractivity (Wildman–Crippen MR) is 79.3 cm³/mol. The number of hydrogen-bond donors (Lipinski definition) is 1. The van der Waals surface area contributed by atoms with Crippen molar-refractivity contribution in [2.45, 2.75) is 33.1 Å². The summed E-state index contributed by atoms with van der Waals surface area (Å²) in [5.74, 6) is 0.932. The van der Waals surface area contributed by atoms with Crippen LogP contribution in [0.4, 0.5) is 5.69 Å². The monoisotopic (exact) mass is 260 g/mol. The SMILES string of the molecule is CCCN(CC(=O)Nc1ccccc1C)CC1CC1. The zero-order valence-electron chi connectivity index (χ0n) is 12.0. The van der Waals surface area contributed by atoms with E-state index in [-0.39, 0.29) is 5.91 Å². The molecule has 1 aromatic carbocycles. The average Bonchev–Trinajstić information content (AvgIpc) is 3.16. The van der Waals surface area contributed by atoms with Crippen LogP contribution in [0.5, 0.6) is 0 Å². The van der Waals surface area contributed by atoms with E-state index in [1.165, 1.54) is 12.8 Å². The number of rotatable bonds is 7. The molecular formula is C16H24N2O. The van der Waals surface area contributed by atoms with E-state index >= 15 is 0 Å². The molecule has 104 valence electrons. The highest BCUT2D eigenvalue weighted by Crippen LogP contribution is 2.29. The fourth-order valence-electron chi connectivity index (χ4n) is 2.32. The summed E-state index contributed by atoms with van der Waals surface area (Å²) in [5, 5.41) is 3.01. The molecule has 1 saturated carbocycles. The van der Waals surface area contributed by atoms with E-state index < -0.39 is 0 Å². The molecule has 0 radical (unpaired) electrons. The van der Waals surface area contributed by atoms with Crippen LogP contribution in [-0.2, 0) is 4.79 Å². The lowest BCUT2D eigenvalue weighted by atomic mass is 10.2. The van der Waals surface area contributed by atoms with Gasteiger partial charge >= 0.3 is 0 Å². The number of carbonyl (C=O) groups is 1. The molecule has 0 heterocycles. The first kappa shape index (κ1) is 14.1. The third kappa shape index (κ3) is 4.67. The minimum absolute atomic E-state index is 0.100. The van der Waals surface area contributed by atoms with Crippen LogP contribution in [0, 0.1) is 12.8 Å². The lowest BCUT2D eigenvalue weighted by Crippen LogP contribution is -2.35. The first-order valence-electron chi connectivity index (χ1n) is 7.27. The molecule has 0 spiro atoms. The molecule has 0 aliphatic heterocycles. The summed E-state index contributed by atoms with van der Waals surface area (Å²) in [6.07, 6.45) is 3.77. The Morgan fingerprint density at radius 3 is 2.74 bits per heavy atom. The Morgan fingerprint density at radius 1 is 1.37 bits per heavy atom. The van der Waals surface area contributed by atoms with Crippen LogP contribution < -0.4 is 5.32 Å². The zero-order valence-corrected chi connectivity index (χ0v) is 12.0. The van der Waals surface area contributed by atoms with Gasteiger partial charge in [-0.15, -0.1) is 0 Å². The van der Waals surface area contributed by atoms with E-state index in [1.54, 1.807) is 0 Å². The Balaban J connectivity index is 1.86. The third-order valence-electron chi connectivity index (χ3n) is 3.54. The number of anilines is 1. The van der Waals surface area contributed by atoms with Crippen molar-refractivity contribution in [2.24, 2.45) is 5.92 Å². The Kier molecular flexibility index (Phi) is 4.97. The molecule has 1 fully saturated rings. The quantitative estimate of drug-likeness (QED) is 0.817. The fraction of sp³-hybridized carbons (Fsp3) is 0.562. The van der Waals surface area contributed by atoms with Gasteiger partial charge in [0.05, 0.1) is 6.54 Å². The normalized spacial score (nSPS) is 14.7. The summed E-state index contributed by atoms with van der Waals surface area (Å²) in [4.78, 5) is 14.4. The van der Waals surface area contributed by atoms with Gasteiger partial charge in [-0.2, -0.15) is 0 Å². The van der Waals surface area contributed by atoms with Gasteiger partial charge in [-0.05, 0) is 50.3 Å². The number of aryl methyl sites for hydroxylation is 1. The Labute approximate surface area is 116 Å². The van der Waals surface area contributed by atoms with E-state index in [4.69, 9.17) is 0 Å². The van der Waals surface area contributed by atoms with Gasteiger partial charge in [0.2, 0.25) is 5.91 Å². The van der Waals surface area contributed by atoms with Crippen LogP contribution in [0.2, 0.25) is 0 Å². The minimum Gasteiger partial charge on any atom is -0.325 e. The third-order valence-corrected chi connectivity index (χ3v) is 3.54. The second kappa shape index (κ2) is 6.71. The molecule has 1 aliphatic carbocycles. The van der Waals surface area contributed by atoms with Gasteiger partial charge in [0.1, 0.15) is 0 Å². The van der Waals surface area contributed by atoms with Gasteiger partial charge < -0.3 is 5.32 Å². The van der Waals surface area contributed by atoms with Crippen LogP contribution >= 0.6 is 0 Å². The summed E-state index contributed by atoms with van der Waals surface area (Å²) in [6, 6.07) is 7.92. The molecule has 0 unspecified atom stereocenters. The first-order valence-corrected chi connectivity index (χ1v) is 7.27. The molecule has 1 aliphatic rings. The Bertz CT molecular complexity index is 427. The molecule has 3 heteroatoms. The van der Waals surface area contributed by atoms with Gasteiger partial charge in [0.15, 0.2) is 0 Å². The van der Waals surface area contributed by atoms with Crippen molar-refractivity contribution in [3.8, 4) is 0 Å². The topological polar surface area (TPSA) is 32.3 Å². The number of carbonyl (C=O) groups excluding carboxylic acids is 1. The molecule has 0 atom stereocenters. The van der Waals surface area contributed by atoms with E-state index in [1.807, 2.05) is 31.2 Å². The van der Waals surface area contributed by atoms with Crippen molar-refractivity contribution in [3.05, 3.63) is 29.8 Å². The summed E-state index contributed by atoms with van der Waals surface area (Å²) in [6.45, 7) is 6.79. The van der Waals surface area contributed by atoms with Gasteiger partial charge in [-0.3, -0.25) is 9.69 Å². The molecule has 1 aromatic rings. The smallest absolute Gasteiger partial charge is 0.238 e. The van der Waals surface area contributed by atoms with Gasteiger partial charge in [0.25, 0.3) is 0 Å². The summed E-state index contributed by atoms with van der Waals surface area (Å²) in [7, 11) is 0. The lowest BCUT2D eigenvalue weighted by molar-refractivity contribution is -0.117. The van der Waals surface area contributed by atoms with Crippen molar-refractivity contribution < 1.29 is 4.79 Å². The van der Waals surface area contributed by atoms with Crippen LogP contribution in [0.25, 0.3) is 0 Å². The largest absolute Gasteiger partial charge is 0.325 e. The number of hydrogen-bond acceptors (Lipinski definition) is 2. The van der Waals surface area contributed by atoms with Crippen molar-refractivity contribution in [1.29, 1.82) is 0 Å². The van der Waals surface area contributed by atoms with E-state index in [9.17, 15) is 4.79 Å². The molecule has 19 heavy (non-hydrogen) atoms. The molecule has 0 aromatic heterocycles. The second-order valence-corrected chi connectivity index (χ2v) is 5.54. The van der Waals surface area contributed by atoms with Crippen LogP contribution in [0.1, 0.15) is 31.7 Å². The number of nitrogens with zero attached hydrogens (tertiary/aromatic N) is 1. The van der Waals surface area contributed by atoms with Gasteiger partial charge in [0, 0.05) is 12.2 Å². The van der Waals surface area contributed by atoms with Crippen LogP contribution in [0.3, 0.4) is 0 Å². The van der Waals surface area contributed by atoms with Gasteiger partial charge in [-0.25, -0.2) is 0 Å². The zero-order chi connectivity index (χ0) is 13.7. The number of nitrogens with one attached hydrogen (secondary N) is 1. The van der Waals surface area contributed by atoms with Crippen molar-refractivity contribution in [1.82, 2.24) is 4.90 Å². The maximum Gasteiger partial charge on any atom is 0.238 e. The van der Waals surface area contributed by atoms with E-state index in [0.717, 1.165) is 36.7 Å². The standard InChI is InChI=1S/C16H24N2O/c1-3-10-18(11-14-8-9-14)12-16(19)17-15-7-5-4-6-13(15)2/h4-7,14H,3,8-12H2,1-2H3,(H,17,19). The molecule has 0 bridgehead atoms. The second-order valence-electron chi connectivity index (χ2n) is 5.54. The Hall–Kier alpha value is -1.35. The molecule has 3 nitrogen and oxygen atoms in total. The summed E-state index contributed by atoms with van der Waals surface area (Å²) in [5.41, 5.74) is 2.04. The number of amides is 1. The number of para-hydroxylation sites is 1. The van der Waals surface area contributed by atoms with Crippen molar-refractivity contribution >= 4 is 11.6 Å². The highest BCUT2D eigenvalue weighted by Gasteiger charge is 2.24. The molecule has 1 amide bonds. The minimum atomic E-state index is 0.100. The summed E-state index contributed by atoms with van der Waals surface area (Å²) >= 11 is 0. The first-order chi connectivity index (χ1) is 9.19. The lowest BCUT2D eigenvalue weighted by Gasteiger charge is -2.21. The Morgan fingerprint density at radius 2 is 2.11 bits per heavy atom. The van der Waals surface area contributed by atoms with Crippen molar-refractivity contribution in [2.75, 3.05) is 25.0 Å². The highest BCUT2D eigenvalue weighted by atomic mass is 16.2. The van der Waals surface area contributed by atoms with E-state index in [0.29, 0.717) is 6.54 Å². The van der Waals surface area contributed by atoms with Crippen LogP contribution in [-0.4, -0.2) is 30.4 Å². The molecule has 2 rings (SSSR count).